The smallest absolute Gasteiger partial charge is 0.126 e. The zero-order valence-electron chi connectivity index (χ0n) is 11.1. The van der Waals surface area contributed by atoms with Crippen LogP contribution in [0.4, 0.5) is 8.78 Å². The number of allylic oxidation sites excluding steroid dienone is 1. The quantitative estimate of drug-likeness (QED) is 0.728. The zero-order valence-corrected chi connectivity index (χ0v) is 11.1. The van der Waals surface area contributed by atoms with Crippen molar-refractivity contribution >= 4 is 0 Å². The molecule has 3 heteroatoms. The van der Waals surface area contributed by atoms with Gasteiger partial charge in [-0.1, -0.05) is 12.5 Å². The first-order chi connectivity index (χ1) is 8.51. The van der Waals surface area contributed by atoms with Crippen LogP contribution in [0.1, 0.15) is 32.3 Å². The first-order valence-corrected chi connectivity index (χ1v) is 6.34. The number of hydrogen-bond acceptors (Lipinski definition) is 1. The molecule has 0 fully saturated rings. The van der Waals surface area contributed by atoms with E-state index in [-0.39, 0.29) is 6.04 Å². The van der Waals surface area contributed by atoms with Crippen LogP contribution in [0.2, 0.25) is 0 Å². The highest BCUT2D eigenvalue weighted by molar-refractivity contribution is 5.19. The van der Waals surface area contributed by atoms with Crippen molar-refractivity contribution in [2.24, 2.45) is 0 Å². The highest BCUT2D eigenvalue weighted by atomic mass is 19.1. The Bertz CT molecular complexity index is 381. The van der Waals surface area contributed by atoms with Gasteiger partial charge in [0.1, 0.15) is 11.6 Å². The van der Waals surface area contributed by atoms with Crippen LogP contribution in [0.15, 0.2) is 30.4 Å². The molecule has 0 aromatic heterocycles. The molecule has 1 aromatic rings. The van der Waals surface area contributed by atoms with E-state index in [0.29, 0.717) is 12.0 Å². The maximum atomic E-state index is 13.1. The number of nitrogens with one attached hydrogen (secondary N) is 1. The second kappa shape index (κ2) is 7.27. The van der Waals surface area contributed by atoms with Crippen molar-refractivity contribution in [2.45, 2.75) is 39.2 Å². The minimum absolute atomic E-state index is 0.230. The van der Waals surface area contributed by atoms with Gasteiger partial charge >= 0.3 is 0 Å². The lowest BCUT2D eigenvalue weighted by Crippen LogP contribution is -2.31. The molecule has 0 bridgehead atoms. The van der Waals surface area contributed by atoms with Gasteiger partial charge in [0.05, 0.1) is 0 Å². The molecule has 0 spiro atoms. The molecule has 0 aliphatic heterocycles. The highest BCUT2D eigenvalue weighted by Gasteiger charge is 2.10. The standard InChI is InChI=1S/C15H21F2N/c1-4-18-15(6-5-11(2)3)9-12-7-13(16)10-14(17)8-12/h7-8,10,15,18H,2,4-6,9H2,1,3H3. The highest BCUT2D eigenvalue weighted by Crippen LogP contribution is 2.13. The van der Waals surface area contributed by atoms with E-state index in [9.17, 15) is 8.78 Å². The average Bonchev–Trinajstić information content (AvgIpc) is 2.24. The third kappa shape index (κ3) is 5.41. The summed E-state index contributed by atoms with van der Waals surface area (Å²) in [6, 6.07) is 3.93. The maximum absolute atomic E-state index is 13.1. The molecular formula is C15H21F2N. The molecule has 1 N–H and O–H groups in total. The molecule has 1 nitrogen and oxygen atoms in total. The van der Waals surface area contributed by atoms with E-state index in [1.54, 1.807) is 0 Å². The van der Waals surface area contributed by atoms with E-state index in [2.05, 4.69) is 11.9 Å². The number of rotatable bonds is 7. The Morgan fingerprint density at radius 3 is 2.39 bits per heavy atom. The second-order valence-corrected chi connectivity index (χ2v) is 4.73. The normalized spacial score (nSPS) is 12.4. The fourth-order valence-corrected chi connectivity index (χ4v) is 2.00. The molecule has 0 aliphatic carbocycles. The van der Waals surface area contributed by atoms with Gasteiger partial charge in [0.25, 0.3) is 0 Å². The Morgan fingerprint density at radius 1 is 1.28 bits per heavy atom. The van der Waals surface area contributed by atoms with E-state index in [1.807, 2.05) is 13.8 Å². The van der Waals surface area contributed by atoms with Gasteiger partial charge in [-0.2, -0.15) is 0 Å². The second-order valence-electron chi connectivity index (χ2n) is 4.73. The van der Waals surface area contributed by atoms with Gasteiger partial charge in [-0.05, 0) is 50.4 Å². The summed E-state index contributed by atoms with van der Waals surface area (Å²) < 4.78 is 26.2. The van der Waals surface area contributed by atoms with Crippen LogP contribution in [0.3, 0.4) is 0 Å². The molecule has 18 heavy (non-hydrogen) atoms. The van der Waals surface area contributed by atoms with Crippen LogP contribution in [0, 0.1) is 11.6 Å². The Kier molecular flexibility index (Phi) is 5.99. The largest absolute Gasteiger partial charge is 0.314 e. The van der Waals surface area contributed by atoms with Crippen LogP contribution < -0.4 is 5.32 Å². The Hall–Kier alpha value is -1.22. The third-order valence-electron chi connectivity index (χ3n) is 2.82. The van der Waals surface area contributed by atoms with Crippen LogP contribution in [-0.2, 0) is 6.42 Å². The maximum Gasteiger partial charge on any atom is 0.126 e. The Labute approximate surface area is 108 Å². The van der Waals surface area contributed by atoms with Crippen LogP contribution in [0.25, 0.3) is 0 Å². The number of likely N-dealkylation sites (N-methyl/N-ethyl adjacent to an activating group) is 1. The van der Waals surface area contributed by atoms with Crippen LogP contribution in [0.5, 0.6) is 0 Å². The van der Waals surface area contributed by atoms with Crippen molar-refractivity contribution in [3.05, 3.63) is 47.5 Å². The molecule has 0 amide bonds. The lowest BCUT2D eigenvalue weighted by Gasteiger charge is -2.18. The fourth-order valence-electron chi connectivity index (χ4n) is 2.00. The third-order valence-corrected chi connectivity index (χ3v) is 2.82. The van der Waals surface area contributed by atoms with Gasteiger partial charge < -0.3 is 5.32 Å². The minimum atomic E-state index is -0.514. The summed E-state index contributed by atoms with van der Waals surface area (Å²) in [4.78, 5) is 0. The predicted octanol–water partition coefficient (Wildman–Crippen LogP) is 3.84. The minimum Gasteiger partial charge on any atom is -0.314 e. The van der Waals surface area contributed by atoms with Gasteiger partial charge in [-0.15, -0.1) is 6.58 Å². The number of hydrogen-bond donors (Lipinski definition) is 1. The summed E-state index contributed by atoms with van der Waals surface area (Å²) in [6.45, 7) is 8.74. The molecule has 0 heterocycles. The Morgan fingerprint density at radius 2 is 1.89 bits per heavy atom. The average molecular weight is 253 g/mol. The summed E-state index contributed by atoms with van der Waals surface area (Å²) in [5.74, 6) is -1.03. The summed E-state index contributed by atoms with van der Waals surface area (Å²) in [7, 11) is 0. The monoisotopic (exact) mass is 253 g/mol. The van der Waals surface area contributed by atoms with Crippen molar-refractivity contribution < 1.29 is 8.78 Å². The molecule has 0 aliphatic rings. The van der Waals surface area contributed by atoms with E-state index < -0.39 is 11.6 Å². The lowest BCUT2D eigenvalue weighted by atomic mass is 9.99. The fraction of sp³-hybridized carbons (Fsp3) is 0.467. The van der Waals surface area contributed by atoms with Crippen molar-refractivity contribution in [3.63, 3.8) is 0 Å². The zero-order chi connectivity index (χ0) is 13.5. The molecular weight excluding hydrogens is 232 g/mol. The van der Waals surface area contributed by atoms with Gasteiger partial charge in [0, 0.05) is 12.1 Å². The first-order valence-electron chi connectivity index (χ1n) is 6.34. The van der Waals surface area contributed by atoms with Crippen LogP contribution in [-0.4, -0.2) is 12.6 Å². The number of benzene rings is 1. The lowest BCUT2D eigenvalue weighted by molar-refractivity contribution is 0.487. The van der Waals surface area contributed by atoms with Gasteiger partial charge in [-0.3, -0.25) is 0 Å². The van der Waals surface area contributed by atoms with Crippen molar-refractivity contribution in [1.29, 1.82) is 0 Å². The first kappa shape index (κ1) is 14.8. The van der Waals surface area contributed by atoms with Gasteiger partial charge in [-0.25, -0.2) is 8.78 Å². The summed E-state index contributed by atoms with van der Waals surface area (Å²) >= 11 is 0. The summed E-state index contributed by atoms with van der Waals surface area (Å²) in [6.07, 6.45) is 2.49. The molecule has 1 aromatic carbocycles. The summed E-state index contributed by atoms with van der Waals surface area (Å²) in [5.41, 5.74) is 1.82. The molecule has 100 valence electrons. The van der Waals surface area contributed by atoms with Gasteiger partial charge in [0.2, 0.25) is 0 Å². The predicted molar refractivity (Wildman–Crippen MR) is 71.6 cm³/mol. The number of halogens is 2. The van der Waals surface area contributed by atoms with E-state index in [0.717, 1.165) is 31.0 Å². The van der Waals surface area contributed by atoms with E-state index in [1.165, 1.54) is 12.1 Å². The van der Waals surface area contributed by atoms with Gasteiger partial charge in [0.15, 0.2) is 0 Å². The van der Waals surface area contributed by atoms with Crippen molar-refractivity contribution in [1.82, 2.24) is 5.32 Å². The van der Waals surface area contributed by atoms with E-state index in [4.69, 9.17) is 0 Å². The molecule has 1 unspecified atom stereocenters. The molecule has 0 saturated carbocycles. The molecule has 0 saturated heterocycles. The van der Waals surface area contributed by atoms with Crippen molar-refractivity contribution in [2.75, 3.05) is 6.54 Å². The molecule has 0 radical (unpaired) electrons. The summed E-state index contributed by atoms with van der Waals surface area (Å²) in [5, 5.41) is 3.34. The SMILES string of the molecule is C=C(C)CCC(Cc1cc(F)cc(F)c1)NCC. The van der Waals surface area contributed by atoms with Crippen molar-refractivity contribution in [3.8, 4) is 0 Å². The molecule has 1 rings (SSSR count). The molecule has 1 atom stereocenters. The Balaban J connectivity index is 2.66. The van der Waals surface area contributed by atoms with Crippen LogP contribution >= 0.6 is 0 Å². The topological polar surface area (TPSA) is 12.0 Å². The van der Waals surface area contributed by atoms with E-state index >= 15 is 0 Å².